The highest BCUT2D eigenvalue weighted by Gasteiger charge is 2.12. The lowest BCUT2D eigenvalue weighted by molar-refractivity contribution is 0.0521. The number of pyridine rings is 1. The van der Waals surface area contributed by atoms with Gasteiger partial charge in [0.15, 0.2) is 0 Å². The van der Waals surface area contributed by atoms with Crippen LogP contribution in [0.25, 0.3) is 11.0 Å². The highest BCUT2D eigenvalue weighted by atomic mass is 35.5. The van der Waals surface area contributed by atoms with Crippen molar-refractivity contribution in [1.82, 2.24) is 15.0 Å². The van der Waals surface area contributed by atoms with E-state index in [1.165, 1.54) is 12.1 Å². The molecule has 0 unspecified atom stereocenters. The first kappa shape index (κ1) is 16.5. The largest absolute Gasteiger partial charge is 0.460 e. The smallest absolute Gasteiger partial charge is 0.338 e. The van der Waals surface area contributed by atoms with Crippen molar-refractivity contribution in [2.24, 2.45) is 0 Å². The molecule has 0 fully saturated rings. The highest BCUT2D eigenvalue weighted by Crippen LogP contribution is 2.22. The number of H-pyrrole nitrogens is 2. The molecule has 0 aliphatic carbocycles. The molecule has 25 heavy (non-hydrogen) atoms. The lowest BCUT2D eigenvalue weighted by Gasteiger charge is -2.08. The number of fused-ring (bicyclic) bond motifs is 1. The first-order valence-electron chi connectivity index (χ1n) is 7.26. The van der Waals surface area contributed by atoms with E-state index in [-0.39, 0.29) is 23.7 Å². The normalized spacial score (nSPS) is 10.4. The van der Waals surface area contributed by atoms with Crippen LogP contribution in [0.3, 0.4) is 0 Å². The Hall–Kier alpha value is -3.31. The lowest BCUT2D eigenvalue weighted by atomic mass is 10.2. The van der Waals surface area contributed by atoms with Crippen LogP contribution >= 0.6 is 11.6 Å². The van der Waals surface area contributed by atoms with Crippen LogP contribution in [0.4, 0.5) is 5.82 Å². The molecule has 1 aromatic carbocycles. The molecule has 3 aromatic rings. The van der Waals surface area contributed by atoms with Gasteiger partial charge in [-0.3, -0.25) is 0 Å². The highest BCUT2D eigenvalue weighted by molar-refractivity contribution is 6.35. The molecule has 0 aliphatic rings. The zero-order chi connectivity index (χ0) is 17.8. The van der Waals surface area contributed by atoms with Gasteiger partial charge in [-0.1, -0.05) is 11.6 Å². The van der Waals surface area contributed by atoms with Gasteiger partial charge in [-0.2, -0.15) is 5.26 Å². The third-order valence-corrected chi connectivity index (χ3v) is 3.67. The Balaban J connectivity index is 1.61. The molecule has 0 saturated heterocycles. The van der Waals surface area contributed by atoms with Crippen LogP contribution < -0.4 is 11.0 Å². The van der Waals surface area contributed by atoms with Gasteiger partial charge >= 0.3 is 11.7 Å². The van der Waals surface area contributed by atoms with Gasteiger partial charge in [-0.05, 0) is 24.3 Å². The molecule has 0 radical (unpaired) electrons. The first-order chi connectivity index (χ1) is 12.1. The standard InChI is InChI=1S/C16H12ClN5O3/c17-11-6-10(7-12-13(11)22-16(24)21-12)15(23)25-5-4-20-14-9(8-18)2-1-3-19-14/h1-3,6-7H,4-5H2,(H,19,20)(H2,21,22,24). The molecule has 3 rings (SSSR count). The summed E-state index contributed by atoms with van der Waals surface area (Å²) in [5.74, 6) is -0.149. The molecular weight excluding hydrogens is 346 g/mol. The van der Waals surface area contributed by atoms with E-state index in [9.17, 15) is 9.59 Å². The summed E-state index contributed by atoms with van der Waals surface area (Å²) in [6, 6.07) is 8.23. The summed E-state index contributed by atoms with van der Waals surface area (Å²) >= 11 is 6.05. The van der Waals surface area contributed by atoms with Gasteiger partial charge in [0.2, 0.25) is 0 Å². The molecule has 0 aliphatic heterocycles. The van der Waals surface area contributed by atoms with Crippen molar-refractivity contribution in [3.8, 4) is 6.07 Å². The lowest BCUT2D eigenvalue weighted by Crippen LogP contribution is -2.15. The van der Waals surface area contributed by atoms with Crippen molar-refractivity contribution in [2.75, 3.05) is 18.5 Å². The number of rotatable bonds is 5. The zero-order valence-corrected chi connectivity index (χ0v) is 13.6. The monoisotopic (exact) mass is 357 g/mol. The minimum atomic E-state index is -0.575. The Bertz CT molecular complexity index is 1030. The number of esters is 1. The van der Waals surface area contributed by atoms with Crippen molar-refractivity contribution in [3.05, 3.63) is 57.1 Å². The fraction of sp³-hybridized carbons (Fsp3) is 0.125. The maximum absolute atomic E-state index is 12.1. The molecule has 0 bridgehead atoms. The summed E-state index contributed by atoms with van der Waals surface area (Å²) in [7, 11) is 0. The molecular formula is C16H12ClN5O3. The molecule has 0 atom stereocenters. The van der Waals surface area contributed by atoms with Crippen molar-refractivity contribution >= 4 is 34.4 Å². The summed E-state index contributed by atoms with van der Waals surface area (Å²) in [5.41, 5.74) is 1.08. The molecule has 126 valence electrons. The van der Waals surface area contributed by atoms with E-state index in [0.29, 0.717) is 22.4 Å². The third-order valence-electron chi connectivity index (χ3n) is 3.37. The quantitative estimate of drug-likeness (QED) is 0.474. The van der Waals surface area contributed by atoms with Crippen LogP contribution in [0.2, 0.25) is 5.02 Å². The molecule has 2 aromatic heterocycles. The second kappa shape index (κ2) is 7.07. The second-order valence-corrected chi connectivity index (χ2v) is 5.44. The predicted octanol–water partition coefficient (Wildman–Crippen LogP) is 2.05. The number of hydrogen-bond acceptors (Lipinski definition) is 6. The Kier molecular flexibility index (Phi) is 4.68. The molecule has 0 saturated carbocycles. The van der Waals surface area contributed by atoms with E-state index >= 15 is 0 Å². The Labute approximate surface area is 146 Å². The van der Waals surface area contributed by atoms with Crippen LogP contribution in [-0.4, -0.2) is 34.1 Å². The average Bonchev–Trinajstić information content (AvgIpc) is 2.99. The predicted molar refractivity (Wildman–Crippen MR) is 91.7 cm³/mol. The third kappa shape index (κ3) is 3.62. The maximum Gasteiger partial charge on any atom is 0.338 e. The molecule has 0 amide bonds. The van der Waals surface area contributed by atoms with E-state index in [0.717, 1.165) is 0 Å². The topological polar surface area (TPSA) is 124 Å². The molecule has 9 heteroatoms. The number of ether oxygens (including phenoxy) is 1. The molecule has 8 nitrogen and oxygen atoms in total. The summed E-state index contributed by atoms with van der Waals surface area (Å²) < 4.78 is 5.16. The van der Waals surface area contributed by atoms with Crippen molar-refractivity contribution in [1.29, 1.82) is 5.26 Å². The minimum Gasteiger partial charge on any atom is -0.460 e. The number of nitriles is 1. The van der Waals surface area contributed by atoms with Gasteiger partial charge in [-0.15, -0.1) is 0 Å². The van der Waals surface area contributed by atoms with E-state index in [4.69, 9.17) is 21.6 Å². The number of imidazole rings is 1. The molecule has 0 spiro atoms. The van der Waals surface area contributed by atoms with Gasteiger partial charge in [0.1, 0.15) is 18.5 Å². The van der Waals surface area contributed by atoms with Crippen LogP contribution in [0.15, 0.2) is 35.3 Å². The zero-order valence-electron chi connectivity index (χ0n) is 12.8. The Morgan fingerprint density at radius 3 is 3.04 bits per heavy atom. The van der Waals surface area contributed by atoms with Crippen LogP contribution in [0.5, 0.6) is 0 Å². The van der Waals surface area contributed by atoms with E-state index < -0.39 is 11.7 Å². The summed E-state index contributed by atoms with van der Waals surface area (Å²) in [5, 5.41) is 12.1. The number of carbonyl (C=O) groups excluding carboxylic acids is 1. The minimum absolute atomic E-state index is 0.0690. The summed E-state index contributed by atoms with van der Waals surface area (Å²) in [4.78, 5) is 32.5. The van der Waals surface area contributed by atoms with Gasteiger partial charge in [-0.25, -0.2) is 14.6 Å². The number of carbonyl (C=O) groups is 1. The Morgan fingerprint density at radius 1 is 1.40 bits per heavy atom. The van der Waals surface area contributed by atoms with E-state index in [2.05, 4.69) is 20.3 Å². The number of halogens is 1. The molecule has 3 N–H and O–H groups in total. The number of nitrogens with zero attached hydrogens (tertiary/aromatic N) is 2. The summed E-state index contributed by atoms with van der Waals surface area (Å²) in [6.07, 6.45) is 1.56. The molecule has 2 heterocycles. The van der Waals surface area contributed by atoms with Crippen LogP contribution in [-0.2, 0) is 4.74 Å². The van der Waals surface area contributed by atoms with E-state index in [1.807, 2.05) is 6.07 Å². The van der Waals surface area contributed by atoms with Crippen molar-refractivity contribution in [2.45, 2.75) is 0 Å². The number of anilines is 1. The first-order valence-corrected chi connectivity index (χ1v) is 7.64. The Morgan fingerprint density at radius 2 is 2.24 bits per heavy atom. The van der Waals surface area contributed by atoms with Crippen LogP contribution in [0, 0.1) is 11.3 Å². The number of nitrogens with one attached hydrogen (secondary N) is 3. The number of aromatic amines is 2. The van der Waals surface area contributed by atoms with Gasteiger partial charge < -0.3 is 20.0 Å². The fourth-order valence-corrected chi connectivity index (χ4v) is 2.52. The maximum atomic E-state index is 12.1. The van der Waals surface area contributed by atoms with Gasteiger partial charge in [0, 0.05) is 6.20 Å². The van der Waals surface area contributed by atoms with Crippen LogP contribution in [0.1, 0.15) is 15.9 Å². The number of aromatic nitrogens is 3. The van der Waals surface area contributed by atoms with Crippen molar-refractivity contribution < 1.29 is 9.53 Å². The summed E-state index contributed by atoms with van der Waals surface area (Å²) in [6.45, 7) is 0.355. The number of hydrogen-bond donors (Lipinski definition) is 3. The van der Waals surface area contributed by atoms with E-state index in [1.54, 1.807) is 18.3 Å². The van der Waals surface area contributed by atoms with Crippen molar-refractivity contribution in [3.63, 3.8) is 0 Å². The SMILES string of the molecule is N#Cc1cccnc1NCCOC(=O)c1cc(Cl)c2[nH]c(=O)[nH]c2c1. The average molecular weight is 358 g/mol. The van der Waals surface area contributed by atoms with Gasteiger partial charge in [0.05, 0.1) is 33.7 Å². The fourth-order valence-electron chi connectivity index (χ4n) is 2.25. The number of benzene rings is 1. The second-order valence-electron chi connectivity index (χ2n) is 5.03. The van der Waals surface area contributed by atoms with Gasteiger partial charge in [0.25, 0.3) is 0 Å².